The van der Waals surface area contributed by atoms with Gasteiger partial charge in [-0.2, -0.15) is 26.3 Å². The Kier molecular flexibility index (Phi) is 9.46. The van der Waals surface area contributed by atoms with Gasteiger partial charge in [0, 0.05) is 41.2 Å². The first-order valence-corrected chi connectivity index (χ1v) is 12.1. The quantitative estimate of drug-likeness (QED) is 0.297. The van der Waals surface area contributed by atoms with Crippen LogP contribution in [0.25, 0.3) is 10.9 Å². The van der Waals surface area contributed by atoms with Crippen molar-refractivity contribution in [2.24, 2.45) is 5.10 Å². The number of carbonyl (C=O) groups excluding carboxylic acids is 3. The molecule has 2 unspecified atom stereocenters. The van der Waals surface area contributed by atoms with Crippen LogP contribution in [0.1, 0.15) is 31.0 Å². The van der Waals surface area contributed by atoms with E-state index in [-0.39, 0.29) is 16.6 Å². The lowest BCUT2D eigenvalue weighted by Gasteiger charge is -2.19. The Balaban J connectivity index is 0.000000616. The number of aromatic amines is 1. The van der Waals surface area contributed by atoms with Gasteiger partial charge < -0.3 is 24.9 Å². The van der Waals surface area contributed by atoms with Crippen LogP contribution in [0, 0.1) is 6.92 Å². The molecule has 9 nitrogen and oxygen atoms in total. The summed E-state index contributed by atoms with van der Waals surface area (Å²) in [6, 6.07) is 15.8. The van der Waals surface area contributed by atoms with Crippen molar-refractivity contribution in [2.45, 2.75) is 39.0 Å². The van der Waals surface area contributed by atoms with Gasteiger partial charge in [0.05, 0.1) is 0 Å². The standard InChI is InChI=1S/C25H23F3N4O3.C2HF3O2/c1-14-21(18-11-7-8-12-19(18)29-14)22(25(26,27)28)24(34)35-13-20(33)30-23-15(2)31-32(16(23)3)17-9-5-4-6-10-17;3-2(4,5)1(6)7/h4-12,22,29H,13H2,1-3H3,(H,30,33);(H,6,7). The number of halogens is 6. The minimum atomic E-state index is -5.19. The van der Waals surface area contributed by atoms with E-state index in [0.29, 0.717) is 27.6 Å². The fraction of sp³-hybridized carbons (Fsp3) is 0.259. The van der Waals surface area contributed by atoms with Crippen molar-refractivity contribution in [1.82, 2.24) is 10.3 Å². The van der Waals surface area contributed by atoms with Crippen molar-refractivity contribution in [3.63, 3.8) is 0 Å². The molecule has 15 heteroatoms. The number of aromatic nitrogens is 1. The maximum atomic E-state index is 14.0. The summed E-state index contributed by atoms with van der Waals surface area (Å²) in [4.78, 5) is 36.8. The van der Waals surface area contributed by atoms with E-state index in [1.807, 2.05) is 30.3 Å². The highest BCUT2D eigenvalue weighted by molar-refractivity contribution is 6.02. The topological polar surface area (TPSA) is 128 Å². The minimum absolute atomic E-state index is 0.206. The van der Waals surface area contributed by atoms with Crippen molar-refractivity contribution < 1.29 is 55.6 Å². The number of amides is 1. The third-order valence-electron chi connectivity index (χ3n) is 6.06. The second-order valence-corrected chi connectivity index (χ2v) is 9.04. The summed E-state index contributed by atoms with van der Waals surface area (Å²) >= 11 is 0. The molecule has 0 spiro atoms. The van der Waals surface area contributed by atoms with Crippen LogP contribution in [0.5, 0.6) is 0 Å². The fourth-order valence-corrected chi connectivity index (χ4v) is 4.24. The molecule has 2 aromatic carbocycles. The molecule has 1 amide bonds. The number of benzene rings is 2. The molecule has 224 valence electrons. The molecule has 1 aliphatic heterocycles. The lowest BCUT2D eigenvalue weighted by molar-refractivity contribution is -0.794. The molecule has 4 rings (SSSR count). The van der Waals surface area contributed by atoms with E-state index >= 15 is 0 Å². The van der Waals surface area contributed by atoms with Crippen molar-refractivity contribution in [1.29, 1.82) is 0 Å². The van der Waals surface area contributed by atoms with Crippen LogP contribution in [-0.2, 0) is 19.1 Å². The van der Waals surface area contributed by atoms with Gasteiger partial charge in [-0.25, -0.2) is 0 Å². The molecule has 1 aliphatic rings. The number of hydrogen-bond donors (Lipinski definition) is 3. The van der Waals surface area contributed by atoms with Gasteiger partial charge >= 0.3 is 18.3 Å². The van der Waals surface area contributed by atoms with Crippen LogP contribution < -0.4 is 15.4 Å². The largest absolute Gasteiger partial charge is 0.542 e. The molecule has 2 heterocycles. The van der Waals surface area contributed by atoms with E-state index in [1.165, 1.54) is 13.0 Å². The normalized spacial score (nSPS) is 15.9. The Morgan fingerprint density at radius 3 is 2.12 bits per heavy atom. The van der Waals surface area contributed by atoms with Gasteiger partial charge in [0.1, 0.15) is 17.4 Å². The van der Waals surface area contributed by atoms with E-state index in [1.54, 1.807) is 32.0 Å². The number of H-pyrrole nitrogens is 1. The fourth-order valence-electron chi connectivity index (χ4n) is 4.24. The molecule has 3 N–H and O–H groups in total. The maximum Gasteiger partial charge on any atom is 0.430 e. The first-order valence-electron chi connectivity index (χ1n) is 12.1. The predicted molar refractivity (Wildman–Crippen MR) is 135 cm³/mol. The van der Waals surface area contributed by atoms with Crippen molar-refractivity contribution >= 4 is 40.1 Å². The number of quaternary nitrogens is 1. The lowest BCUT2D eigenvalue weighted by atomic mass is 9.95. The third kappa shape index (κ3) is 7.34. The van der Waals surface area contributed by atoms with E-state index in [9.17, 15) is 35.9 Å². The first-order chi connectivity index (χ1) is 19.5. The highest BCUT2D eigenvalue weighted by Gasteiger charge is 2.49. The van der Waals surface area contributed by atoms with Gasteiger partial charge in [-0.1, -0.05) is 41.5 Å². The van der Waals surface area contributed by atoms with Crippen molar-refractivity contribution in [3.05, 3.63) is 77.2 Å². The second kappa shape index (κ2) is 12.5. The molecule has 2 atom stereocenters. The molecule has 1 aromatic heterocycles. The maximum absolute atomic E-state index is 14.0. The summed E-state index contributed by atoms with van der Waals surface area (Å²) in [7, 11) is 0. The molecule has 0 saturated carbocycles. The van der Waals surface area contributed by atoms with Gasteiger partial charge in [0.15, 0.2) is 23.9 Å². The molecule has 0 bridgehead atoms. The van der Waals surface area contributed by atoms with Gasteiger partial charge in [-0.15, -0.1) is 5.01 Å². The number of nitrogens with one attached hydrogen (secondary N) is 3. The molecule has 0 radical (unpaired) electrons. The predicted octanol–water partition coefficient (Wildman–Crippen LogP) is 2.92. The monoisotopic (exact) mass is 598 g/mol. The second-order valence-electron chi connectivity index (χ2n) is 9.04. The highest BCUT2D eigenvalue weighted by atomic mass is 19.4. The van der Waals surface area contributed by atoms with Crippen LogP contribution in [-0.4, -0.2) is 47.5 Å². The SMILES string of the molecule is CC1=N[NH+](c2ccccc2)C(C)=C1NC(=O)COC(=O)C(c1c(C)[nH]c2ccccc12)C(F)(F)F.O=C([O-])C(F)(F)F. The Morgan fingerprint density at radius 2 is 1.55 bits per heavy atom. The van der Waals surface area contributed by atoms with E-state index in [2.05, 4.69) is 15.4 Å². The number of rotatable bonds is 6. The number of alkyl halides is 6. The van der Waals surface area contributed by atoms with E-state index < -0.39 is 42.7 Å². The number of esters is 1. The van der Waals surface area contributed by atoms with Crippen LogP contribution >= 0.6 is 0 Å². The van der Waals surface area contributed by atoms with Crippen LogP contribution in [0.4, 0.5) is 32.0 Å². The highest BCUT2D eigenvalue weighted by Crippen LogP contribution is 2.40. The molecular weight excluding hydrogens is 574 g/mol. The molecule has 0 fully saturated rings. The summed E-state index contributed by atoms with van der Waals surface area (Å²) in [6.45, 7) is 4.09. The number of fused-ring (bicyclic) bond motifs is 1. The minimum Gasteiger partial charge on any atom is -0.542 e. The molecule has 0 saturated heterocycles. The zero-order valence-electron chi connectivity index (χ0n) is 22.2. The van der Waals surface area contributed by atoms with E-state index in [4.69, 9.17) is 14.6 Å². The Morgan fingerprint density at radius 1 is 0.976 bits per heavy atom. The van der Waals surface area contributed by atoms with Crippen LogP contribution in [0.15, 0.2) is 71.1 Å². The summed E-state index contributed by atoms with van der Waals surface area (Å²) < 4.78 is 78.3. The number of carboxylic acid groups (broad SMARTS) is 1. The lowest BCUT2D eigenvalue weighted by Crippen LogP contribution is -2.99. The average molecular weight is 599 g/mol. The number of aliphatic carboxylic acids is 1. The number of aryl methyl sites for hydroxylation is 1. The summed E-state index contributed by atoms with van der Waals surface area (Å²) in [5.41, 5.74) is 3.02. The van der Waals surface area contributed by atoms with Gasteiger partial charge in [-0.3, -0.25) is 9.59 Å². The smallest absolute Gasteiger partial charge is 0.430 e. The molecule has 42 heavy (non-hydrogen) atoms. The zero-order valence-corrected chi connectivity index (χ0v) is 22.2. The number of para-hydroxylation sites is 2. The van der Waals surface area contributed by atoms with Crippen molar-refractivity contribution in [2.75, 3.05) is 6.61 Å². The number of hydrogen-bond acceptors (Lipinski definition) is 6. The number of ether oxygens (including phenoxy) is 1. The molecule has 0 aliphatic carbocycles. The Hall–Kier alpha value is -4.66. The van der Waals surface area contributed by atoms with Gasteiger partial charge in [0.25, 0.3) is 5.91 Å². The number of nitrogens with zero attached hydrogens (tertiary/aromatic N) is 1. The number of carbonyl (C=O) groups is 3. The average Bonchev–Trinajstić information content (AvgIpc) is 3.37. The summed E-state index contributed by atoms with van der Waals surface area (Å²) in [5.74, 6) is -7.83. The van der Waals surface area contributed by atoms with Gasteiger partial charge in [0.2, 0.25) is 0 Å². The van der Waals surface area contributed by atoms with Gasteiger partial charge in [-0.05, 0) is 19.9 Å². The number of carboxylic acids is 1. The Labute approximate surface area is 234 Å². The van der Waals surface area contributed by atoms with Crippen LogP contribution in [0.2, 0.25) is 0 Å². The summed E-state index contributed by atoms with van der Waals surface area (Å²) in [6.07, 6.45) is -10.1. The van der Waals surface area contributed by atoms with Crippen LogP contribution in [0.3, 0.4) is 0 Å². The molecular formula is C27H24F6N4O5. The zero-order chi connectivity index (χ0) is 31.4. The third-order valence-corrected chi connectivity index (χ3v) is 6.06. The molecule has 3 aromatic rings. The summed E-state index contributed by atoms with van der Waals surface area (Å²) in [5, 5.41) is 16.8. The van der Waals surface area contributed by atoms with Crippen molar-refractivity contribution in [3.8, 4) is 0 Å². The van der Waals surface area contributed by atoms with E-state index in [0.717, 1.165) is 5.69 Å². The first kappa shape index (κ1) is 31.9. The Bertz CT molecular complexity index is 1540. The number of allylic oxidation sites excluding steroid dienone is 2.